The van der Waals surface area contributed by atoms with E-state index in [0.717, 1.165) is 21.6 Å². The van der Waals surface area contributed by atoms with Gasteiger partial charge in [0, 0.05) is 21.5 Å². The molecular weight excluding hydrogens is 396 g/mol. The lowest BCUT2D eigenvalue weighted by Gasteiger charge is -2.11. The number of aryl methyl sites for hydroxylation is 1. The van der Waals surface area contributed by atoms with Crippen LogP contribution in [0.5, 0.6) is 0 Å². The quantitative estimate of drug-likeness (QED) is 0.342. The highest BCUT2D eigenvalue weighted by Crippen LogP contribution is 2.19. The minimum absolute atomic E-state index is 0.279. The molecule has 0 spiro atoms. The molecule has 2 heterocycles. The van der Waals surface area contributed by atoms with Gasteiger partial charge in [-0.25, -0.2) is 9.98 Å². The monoisotopic (exact) mass is 410 g/mol. The Morgan fingerprint density at radius 3 is 2.79 bits per heavy atom. The van der Waals surface area contributed by atoms with Gasteiger partial charge in [0.15, 0.2) is 0 Å². The average Bonchev–Trinajstić information content (AvgIpc) is 3.32. The maximum Gasteiger partial charge on any atom is 0.277 e. The maximum absolute atomic E-state index is 12.6. The minimum Gasteiger partial charge on any atom is -0.326 e. The van der Waals surface area contributed by atoms with Crippen LogP contribution in [0, 0.1) is 6.92 Å². The Balaban J connectivity index is 1.63. The predicted octanol–water partition coefficient (Wildman–Crippen LogP) is 4.51. The number of anilines is 1. The number of carbonyl (C=O) groups is 1. The number of halogens is 1. The molecule has 140 valence electrons. The molecular formula is C19H15ClN6OS. The van der Waals surface area contributed by atoms with E-state index in [0.29, 0.717) is 16.4 Å². The number of rotatable bonds is 3. The van der Waals surface area contributed by atoms with Crippen molar-refractivity contribution in [3.63, 3.8) is 0 Å². The number of aromatic nitrogens is 3. The summed E-state index contributed by atoms with van der Waals surface area (Å²) >= 11 is 7.35. The molecule has 28 heavy (non-hydrogen) atoms. The second-order valence-corrected chi connectivity index (χ2v) is 7.44. The molecule has 4 aromatic rings. The lowest BCUT2D eigenvalue weighted by atomic mass is 10.2. The zero-order valence-corrected chi connectivity index (χ0v) is 16.3. The summed E-state index contributed by atoms with van der Waals surface area (Å²) in [6.45, 7) is 1.85. The van der Waals surface area contributed by atoms with E-state index in [4.69, 9.17) is 11.6 Å². The largest absolute Gasteiger partial charge is 0.326 e. The van der Waals surface area contributed by atoms with Gasteiger partial charge in [0.2, 0.25) is 5.96 Å². The Morgan fingerprint density at radius 2 is 2.04 bits per heavy atom. The summed E-state index contributed by atoms with van der Waals surface area (Å²) in [6, 6.07) is 12.7. The molecule has 0 fully saturated rings. The minimum atomic E-state index is -0.339. The molecule has 0 atom stereocenters. The first kappa shape index (κ1) is 18.1. The molecule has 0 aliphatic carbocycles. The van der Waals surface area contributed by atoms with Gasteiger partial charge in [-0.05, 0) is 49.4 Å². The van der Waals surface area contributed by atoms with E-state index in [9.17, 15) is 4.79 Å². The summed E-state index contributed by atoms with van der Waals surface area (Å²) in [7, 11) is 0. The van der Waals surface area contributed by atoms with Crippen molar-refractivity contribution in [2.45, 2.75) is 6.92 Å². The molecule has 9 heteroatoms. The highest BCUT2D eigenvalue weighted by molar-refractivity contribution is 7.09. The van der Waals surface area contributed by atoms with Crippen molar-refractivity contribution in [3.05, 3.63) is 69.8 Å². The van der Waals surface area contributed by atoms with Gasteiger partial charge in [-0.1, -0.05) is 11.6 Å². The number of fused-ring (bicyclic) bond motifs is 1. The molecule has 0 radical (unpaired) electrons. The zero-order chi connectivity index (χ0) is 19.5. The van der Waals surface area contributed by atoms with Crippen LogP contribution in [0.2, 0.25) is 5.02 Å². The number of aromatic amines is 1. The van der Waals surface area contributed by atoms with Crippen LogP contribution >= 0.6 is 22.9 Å². The summed E-state index contributed by atoms with van der Waals surface area (Å²) in [5.74, 6) is -0.0604. The van der Waals surface area contributed by atoms with Crippen LogP contribution < -0.4 is 10.6 Å². The van der Waals surface area contributed by atoms with Gasteiger partial charge in [0.05, 0.1) is 22.4 Å². The number of thiazole rings is 1. The summed E-state index contributed by atoms with van der Waals surface area (Å²) in [5.41, 5.74) is 2.67. The van der Waals surface area contributed by atoms with Crippen LogP contribution in [0.1, 0.15) is 15.5 Å². The lowest BCUT2D eigenvalue weighted by Crippen LogP contribution is -2.36. The Kier molecular flexibility index (Phi) is 5.05. The number of H-pyrrole nitrogens is 1. The lowest BCUT2D eigenvalue weighted by molar-refractivity contribution is 0.0972. The molecule has 0 bridgehead atoms. The Morgan fingerprint density at radius 1 is 1.21 bits per heavy atom. The van der Waals surface area contributed by atoms with Gasteiger partial charge in [0.1, 0.15) is 5.69 Å². The SMILES string of the molecule is Cc1nc(C(=O)NC(=Nc2ccc(Cl)cc2)Nc2ccc3[nH]ncc3c2)cs1. The van der Waals surface area contributed by atoms with Crippen LogP contribution in [0.3, 0.4) is 0 Å². The third kappa shape index (κ3) is 4.19. The van der Waals surface area contributed by atoms with E-state index in [2.05, 4.69) is 30.8 Å². The fraction of sp³-hybridized carbons (Fsp3) is 0.0526. The fourth-order valence-corrected chi connectivity index (χ4v) is 3.25. The standard InChI is InChI=1S/C19H15ClN6OS/c1-11-22-17(10-28-11)18(27)25-19(23-14-4-2-13(20)3-5-14)24-15-6-7-16-12(8-15)9-21-26-16/h2-10H,1H3,(H,21,26)(H2,23,24,25,27). The normalized spacial score (nSPS) is 11.6. The van der Waals surface area contributed by atoms with Crippen LogP contribution in [-0.4, -0.2) is 27.0 Å². The first-order valence-corrected chi connectivity index (χ1v) is 9.60. The molecule has 1 amide bonds. The third-order valence-corrected chi connectivity index (χ3v) is 4.88. The number of aliphatic imine (C=N–C) groups is 1. The molecule has 2 aromatic heterocycles. The van der Waals surface area contributed by atoms with E-state index in [-0.39, 0.29) is 11.9 Å². The van der Waals surface area contributed by atoms with Gasteiger partial charge in [-0.2, -0.15) is 5.10 Å². The number of benzene rings is 2. The van der Waals surface area contributed by atoms with Gasteiger partial charge < -0.3 is 5.32 Å². The number of hydrogen-bond donors (Lipinski definition) is 3. The van der Waals surface area contributed by atoms with E-state index < -0.39 is 0 Å². The van der Waals surface area contributed by atoms with Crippen LogP contribution in [0.25, 0.3) is 10.9 Å². The number of hydrogen-bond acceptors (Lipinski definition) is 5. The van der Waals surface area contributed by atoms with Crippen molar-refractivity contribution in [1.29, 1.82) is 0 Å². The molecule has 0 saturated heterocycles. The van der Waals surface area contributed by atoms with E-state index in [1.807, 2.05) is 25.1 Å². The van der Waals surface area contributed by atoms with Gasteiger partial charge in [0.25, 0.3) is 5.91 Å². The van der Waals surface area contributed by atoms with E-state index in [1.54, 1.807) is 35.8 Å². The second kappa shape index (κ2) is 7.79. The second-order valence-electron chi connectivity index (χ2n) is 5.94. The number of nitrogens with zero attached hydrogens (tertiary/aromatic N) is 3. The van der Waals surface area contributed by atoms with Crippen molar-refractivity contribution in [2.24, 2.45) is 4.99 Å². The Labute approximate surface area is 169 Å². The number of amides is 1. The van der Waals surface area contributed by atoms with Crippen LogP contribution in [0.15, 0.2) is 59.0 Å². The number of nitrogens with one attached hydrogen (secondary N) is 3. The Bertz CT molecular complexity index is 1160. The summed E-state index contributed by atoms with van der Waals surface area (Å²) in [6.07, 6.45) is 1.73. The van der Waals surface area contributed by atoms with Crippen molar-refractivity contribution < 1.29 is 4.79 Å². The predicted molar refractivity (Wildman–Crippen MR) is 113 cm³/mol. The van der Waals surface area contributed by atoms with Gasteiger partial charge in [-0.3, -0.25) is 15.2 Å². The molecule has 2 aromatic carbocycles. The molecule has 7 nitrogen and oxygen atoms in total. The van der Waals surface area contributed by atoms with Crippen molar-refractivity contribution >= 4 is 57.1 Å². The molecule has 4 rings (SSSR count). The summed E-state index contributed by atoms with van der Waals surface area (Å²) in [4.78, 5) is 21.3. The average molecular weight is 411 g/mol. The van der Waals surface area contributed by atoms with Crippen molar-refractivity contribution in [1.82, 2.24) is 20.5 Å². The van der Waals surface area contributed by atoms with E-state index >= 15 is 0 Å². The molecule has 0 aliphatic rings. The van der Waals surface area contributed by atoms with Crippen molar-refractivity contribution in [3.8, 4) is 0 Å². The summed E-state index contributed by atoms with van der Waals surface area (Å²) in [5, 5.41) is 16.9. The smallest absolute Gasteiger partial charge is 0.277 e. The molecule has 0 aliphatic heterocycles. The highest BCUT2D eigenvalue weighted by Gasteiger charge is 2.13. The maximum atomic E-state index is 12.6. The molecule has 0 unspecified atom stereocenters. The van der Waals surface area contributed by atoms with Gasteiger partial charge in [-0.15, -0.1) is 11.3 Å². The van der Waals surface area contributed by atoms with Crippen LogP contribution in [-0.2, 0) is 0 Å². The highest BCUT2D eigenvalue weighted by atomic mass is 35.5. The first-order chi connectivity index (χ1) is 13.6. The summed E-state index contributed by atoms with van der Waals surface area (Å²) < 4.78 is 0. The van der Waals surface area contributed by atoms with Gasteiger partial charge >= 0.3 is 0 Å². The fourth-order valence-electron chi connectivity index (χ4n) is 2.53. The molecule has 0 saturated carbocycles. The number of carbonyl (C=O) groups excluding carboxylic acids is 1. The van der Waals surface area contributed by atoms with E-state index in [1.165, 1.54) is 11.3 Å². The first-order valence-electron chi connectivity index (χ1n) is 8.35. The topological polar surface area (TPSA) is 95.1 Å². The van der Waals surface area contributed by atoms with Crippen LogP contribution in [0.4, 0.5) is 11.4 Å². The Hall–Kier alpha value is -3.23. The molecule has 3 N–H and O–H groups in total. The third-order valence-electron chi connectivity index (χ3n) is 3.85. The number of guanidine groups is 1. The zero-order valence-electron chi connectivity index (χ0n) is 14.7. The van der Waals surface area contributed by atoms with Crippen molar-refractivity contribution in [2.75, 3.05) is 5.32 Å².